The summed E-state index contributed by atoms with van der Waals surface area (Å²) in [6.07, 6.45) is 1.52. The van der Waals surface area contributed by atoms with Crippen LogP contribution in [0.3, 0.4) is 0 Å². The zero-order valence-corrected chi connectivity index (χ0v) is 18.7. The van der Waals surface area contributed by atoms with E-state index in [-0.39, 0.29) is 11.6 Å². The molecular weight excluding hydrogens is 412 g/mol. The van der Waals surface area contributed by atoms with Gasteiger partial charge in [-0.05, 0) is 76.2 Å². The third kappa shape index (κ3) is 6.33. The number of aryl methyl sites for hydroxylation is 1. The SMILES string of the molecule is Cc1ccc(C(=O)N/C(=C\c2ccc(-c3ccc(Cl)cc3)o2)C(=O)NC(C)(C)C)cc1. The Morgan fingerprint density at radius 2 is 1.58 bits per heavy atom. The topological polar surface area (TPSA) is 71.3 Å². The lowest BCUT2D eigenvalue weighted by molar-refractivity contribution is -0.119. The Morgan fingerprint density at radius 3 is 2.19 bits per heavy atom. The molecule has 0 aliphatic carbocycles. The molecule has 0 atom stereocenters. The number of nitrogens with one attached hydrogen (secondary N) is 2. The lowest BCUT2D eigenvalue weighted by atomic mass is 10.1. The van der Waals surface area contributed by atoms with Crippen LogP contribution in [0.25, 0.3) is 17.4 Å². The van der Waals surface area contributed by atoms with Gasteiger partial charge < -0.3 is 15.1 Å². The van der Waals surface area contributed by atoms with Gasteiger partial charge in [-0.25, -0.2) is 0 Å². The number of furan rings is 1. The van der Waals surface area contributed by atoms with Gasteiger partial charge in [0.2, 0.25) is 0 Å². The predicted octanol–water partition coefficient (Wildman–Crippen LogP) is 5.59. The number of hydrogen-bond acceptors (Lipinski definition) is 3. The standard InChI is InChI=1S/C25H25ClN2O3/c1-16-5-7-18(8-6-16)23(29)27-21(24(30)28-25(2,3)4)15-20-13-14-22(31-20)17-9-11-19(26)12-10-17/h5-15H,1-4H3,(H,27,29)(H,28,30)/b21-15-. The molecule has 2 N–H and O–H groups in total. The van der Waals surface area contributed by atoms with Crippen LogP contribution in [0, 0.1) is 6.92 Å². The van der Waals surface area contributed by atoms with Crippen molar-refractivity contribution < 1.29 is 14.0 Å². The molecule has 0 aliphatic heterocycles. The van der Waals surface area contributed by atoms with E-state index in [2.05, 4.69) is 10.6 Å². The molecule has 3 aromatic rings. The monoisotopic (exact) mass is 436 g/mol. The maximum Gasteiger partial charge on any atom is 0.268 e. The van der Waals surface area contributed by atoms with Crippen molar-refractivity contribution in [3.05, 3.63) is 88.3 Å². The van der Waals surface area contributed by atoms with Crippen molar-refractivity contribution in [1.29, 1.82) is 0 Å². The Kier molecular flexibility index (Phi) is 6.66. The van der Waals surface area contributed by atoms with Crippen LogP contribution in [-0.2, 0) is 4.79 Å². The summed E-state index contributed by atoms with van der Waals surface area (Å²) in [5.74, 6) is 0.286. The van der Waals surface area contributed by atoms with E-state index in [0.29, 0.717) is 22.1 Å². The zero-order valence-electron chi connectivity index (χ0n) is 18.0. The van der Waals surface area contributed by atoms with Crippen LogP contribution in [0.5, 0.6) is 0 Å². The van der Waals surface area contributed by atoms with E-state index in [4.69, 9.17) is 16.0 Å². The molecule has 5 nitrogen and oxygen atoms in total. The molecule has 0 saturated carbocycles. The Labute approximate surface area is 187 Å². The first-order valence-corrected chi connectivity index (χ1v) is 10.3. The fourth-order valence-electron chi connectivity index (χ4n) is 2.81. The highest BCUT2D eigenvalue weighted by atomic mass is 35.5. The number of halogens is 1. The lowest BCUT2D eigenvalue weighted by Crippen LogP contribution is -2.44. The highest BCUT2D eigenvalue weighted by molar-refractivity contribution is 6.30. The third-order valence-electron chi connectivity index (χ3n) is 4.34. The van der Waals surface area contributed by atoms with Crippen molar-refractivity contribution in [1.82, 2.24) is 10.6 Å². The first-order chi connectivity index (χ1) is 14.6. The number of rotatable bonds is 5. The Bertz CT molecular complexity index is 1100. The molecule has 0 spiro atoms. The molecule has 1 heterocycles. The number of benzene rings is 2. The van der Waals surface area contributed by atoms with Gasteiger partial charge in [-0.3, -0.25) is 9.59 Å². The molecule has 3 rings (SSSR count). The average Bonchev–Trinajstić information content (AvgIpc) is 3.15. The fourth-order valence-corrected chi connectivity index (χ4v) is 2.93. The molecule has 0 bridgehead atoms. The van der Waals surface area contributed by atoms with Gasteiger partial charge in [-0.1, -0.05) is 29.3 Å². The Balaban J connectivity index is 1.89. The summed E-state index contributed by atoms with van der Waals surface area (Å²) in [5, 5.41) is 6.22. The van der Waals surface area contributed by atoms with E-state index in [9.17, 15) is 9.59 Å². The van der Waals surface area contributed by atoms with Crippen molar-refractivity contribution in [2.45, 2.75) is 33.2 Å². The molecular formula is C25H25ClN2O3. The number of hydrogen-bond donors (Lipinski definition) is 2. The first-order valence-electron chi connectivity index (χ1n) is 9.89. The molecule has 2 amide bonds. The second kappa shape index (κ2) is 9.23. The van der Waals surface area contributed by atoms with Crippen molar-refractivity contribution in [3.63, 3.8) is 0 Å². The quantitative estimate of drug-likeness (QED) is 0.512. The molecule has 0 fully saturated rings. The summed E-state index contributed by atoms with van der Waals surface area (Å²) in [6, 6.07) is 17.9. The summed E-state index contributed by atoms with van der Waals surface area (Å²) in [5.41, 5.74) is 1.98. The van der Waals surface area contributed by atoms with Crippen molar-refractivity contribution in [2.75, 3.05) is 0 Å². The highest BCUT2D eigenvalue weighted by Crippen LogP contribution is 2.25. The summed E-state index contributed by atoms with van der Waals surface area (Å²) in [6.45, 7) is 7.56. The largest absolute Gasteiger partial charge is 0.457 e. The highest BCUT2D eigenvalue weighted by Gasteiger charge is 2.20. The molecule has 0 saturated heterocycles. The summed E-state index contributed by atoms with van der Waals surface area (Å²) in [4.78, 5) is 25.6. The second-order valence-corrected chi connectivity index (χ2v) is 8.73. The van der Waals surface area contributed by atoms with E-state index in [1.165, 1.54) is 6.08 Å². The van der Waals surface area contributed by atoms with E-state index in [0.717, 1.165) is 11.1 Å². The third-order valence-corrected chi connectivity index (χ3v) is 4.59. The van der Waals surface area contributed by atoms with Crippen LogP contribution >= 0.6 is 11.6 Å². The van der Waals surface area contributed by atoms with Gasteiger partial charge in [-0.15, -0.1) is 0 Å². The Hall–Kier alpha value is -3.31. The lowest BCUT2D eigenvalue weighted by Gasteiger charge is -2.21. The zero-order chi connectivity index (χ0) is 22.6. The Morgan fingerprint density at radius 1 is 0.935 bits per heavy atom. The molecule has 2 aromatic carbocycles. The van der Waals surface area contributed by atoms with Gasteiger partial charge >= 0.3 is 0 Å². The summed E-state index contributed by atoms with van der Waals surface area (Å²) < 4.78 is 5.87. The molecule has 6 heteroatoms. The van der Waals surface area contributed by atoms with Gasteiger partial charge in [0.15, 0.2) is 0 Å². The van der Waals surface area contributed by atoms with E-state index >= 15 is 0 Å². The minimum atomic E-state index is -0.470. The van der Waals surface area contributed by atoms with Crippen molar-refractivity contribution >= 4 is 29.5 Å². The van der Waals surface area contributed by atoms with E-state index in [1.807, 2.05) is 52.0 Å². The molecule has 31 heavy (non-hydrogen) atoms. The maximum absolute atomic E-state index is 12.8. The van der Waals surface area contributed by atoms with Crippen LogP contribution in [0.2, 0.25) is 5.02 Å². The maximum atomic E-state index is 12.8. The fraction of sp³-hybridized carbons (Fsp3) is 0.200. The van der Waals surface area contributed by atoms with E-state index in [1.54, 1.807) is 36.4 Å². The van der Waals surface area contributed by atoms with Gasteiger partial charge in [-0.2, -0.15) is 0 Å². The van der Waals surface area contributed by atoms with Crippen LogP contribution in [-0.4, -0.2) is 17.4 Å². The van der Waals surface area contributed by atoms with Gasteiger partial charge in [0, 0.05) is 27.8 Å². The van der Waals surface area contributed by atoms with Crippen molar-refractivity contribution in [3.8, 4) is 11.3 Å². The molecule has 0 radical (unpaired) electrons. The first kappa shape index (κ1) is 22.4. The number of amides is 2. The smallest absolute Gasteiger partial charge is 0.268 e. The van der Waals surface area contributed by atoms with Gasteiger partial charge in [0.05, 0.1) is 0 Å². The predicted molar refractivity (Wildman–Crippen MR) is 124 cm³/mol. The van der Waals surface area contributed by atoms with Crippen LogP contribution in [0.1, 0.15) is 42.5 Å². The molecule has 0 unspecified atom stereocenters. The average molecular weight is 437 g/mol. The van der Waals surface area contributed by atoms with E-state index < -0.39 is 11.4 Å². The van der Waals surface area contributed by atoms with Crippen LogP contribution in [0.15, 0.2) is 70.8 Å². The summed E-state index contributed by atoms with van der Waals surface area (Å²) in [7, 11) is 0. The normalized spacial score (nSPS) is 11.8. The molecule has 1 aromatic heterocycles. The van der Waals surface area contributed by atoms with Gasteiger partial charge in [0.1, 0.15) is 17.2 Å². The summed E-state index contributed by atoms with van der Waals surface area (Å²) >= 11 is 5.94. The van der Waals surface area contributed by atoms with Crippen LogP contribution < -0.4 is 10.6 Å². The second-order valence-electron chi connectivity index (χ2n) is 8.29. The van der Waals surface area contributed by atoms with Crippen molar-refractivity contribution in [2.24, 2.45) is 0 Å². The van der Waals surface area contributed by atoms with Crippen LogP contribution in [0.4, 0.5) is 0 Å². The van der Waals surface area contributed by atoms with Gasteiger partial charge in [0.25, 0.3) is 11.8 Å². The molecule has 160 valence electrons. The minimum Gasteiger partial charge on any atom is -0.457 e. The minimum absolute atomic E-state index is 0.0949. The number of carbonyl (C=O) groups is 2. The molecule has 0 aliphatic rings. The number of carbonyl (C=O) groups excluding carboxylic acids is 2.